The lowest BCUT2D eigenvalue weighted by molar-refractivity contribution is 0.0872. The van der Waals surface area contributed by atoms with Gasteiger partial charge in [0.1, 0.15) is 23.1 Å². The highest BCUT2D eigenvalue weighted by Crippen LogP contribution is 2.42. The van der Waals surface area contributed by atoms with Crippen molar-refractivity contribution in [3.05, 3.63) is 38.3 Å². The second-order valence-electron chi connectivity index (χ2n) is 5.15. The maximum absolute atomic E-state index is 14.0. The number of carbonyl (C=O) groups is 1. The number of aryl methyl sites for hydroxylation is 1. The van der Waals surface area contributed by atoms with Crippen LogP contribution in [0.4, 0.5) is 10.1 Å². The number of benzene rings is 1. The fraction of sp³-hybridized carbons (Fsp3) is 0.333. The van der Waals surface area contributed by atoms with Crippen molar-refractivity contribution < 1.29 is 18.3 Å². The Kier molecular flexibility index (Phi) is 3.27. The predicted molar refractivity (Wildman–Crippen MR) is 76.3 cm³/mol. The van der Waals surface area contributed by atoms with Gasteiger partial charge >= 0.3 is 5.63 Å². The quantitative estimate of drug-likeness (QED) is 0.628. The Morgan fingerprint density at radius 3 is 2.77 bits per heavy atom. The summed E-state index contributed by atoms with van der Waals surface area (Å²) in [6.07, 6.45) is -0.114. The van der Waals surface area contributed by atoms with E-state index >= 15 is 0 Å². The summed E-state index contributed by atoms with van der Waals surface area (Å²) in [5.41, 5.74) is -1.35. The van der Waals surface area contributed by atoms with Crippen LogP contribution in [-0.4, -0.2) is 11.9 Å². The fourth-order valence-corrected chi connectivity index (χ4v) is 2.78. The maximum atomic E-state index is 14.0. The lowest BCUT2D eigenvalue weighted by Gasteiger charge is -2.23. The van der Waals surface area contributed by atoms with Gasteiger partial charge in [-0.1, -0.05) is 6.92 Å². The van der Waals surface area contributed by atoms with E-state index in [1.807, 2.05) is 0 Å². The smallest absolute Gasteiger partial charge is 0.372 e. The Morgan fingerprint density at radius 1 is 1.41 bits per heavy atom. The van der Waals surface area contributed by atoms with Crippen LogP contribution >= 0.6 is 0 Å². The number of ketones is 1. The van der Waals surface area contributed by atoms with E-state index in [0.29, 0.717) is 0 Å². The first-order valence-corrected chi connectivity index (χ1v) is 6.83. The summed E-state index contributed by atoms with van der Waals surface area (Å²) in [6, 6.07) is 1.34. The molecule has 3 rings (SSSR count). The minimum atomic E-state index is -1.13. The molecule has 0 bridgehead atoms. The Bertz CT molecular complexity index is 871. The molecule has 1 aliphatic heterocycles. The molecule has 0 aliphatic carbocycles. The molecule has 2 heterocycles. The Labute approximate surface area is 123 Å². The molecule has 2 aromatic rings. The summed E-state index contributed by atoms with van der Waals surface area (Å²) in [7, 11) is 0. The number of nitrogens with zero attached hydrogens (tertiary/aromatic N) is 1. The van der Waals surface area contributed by atoms with Crippen LogP contribution in [0.25, 0.3) is 11.0 Å². The van der Waals surface area contributed by atoms with Gasteiger partial charge in [0.15, 0.2) is 5.78 Å². The lowest BCUT2D eigenvalue weighted by Crippen LogP contribution is -2.24. The van der Waals surface area contributed by atoms with Crippen molar-refractivity contribution in [3.63, 3.8) is 0 Å². The van der Waals surface area contributed by atoms with E-state index in [4.69, 9.17) is 9.15 Å². The second-order valence-corrected chi connectivity index (χ2v) is 5.15. The van der Waals surface area contributed by atoms with Crippen molar-refractivity contribution in [1.29, 1.82) is 0 Å². The third-order valence-electron chi connectivity index (χ3n) is 3.70. The summed E-state index contributed by atoms with van der Waals surface area (Å²) < 4.78 is 24.4. The molecule has 7 heteroatoms. The van der Waals surface area contributed by atoms with E-state index in [2.05, 4.69) is 5.18 Å². The SMILES string of the molecule is CCc1c(F)c(=O)oc2cc3c(c(N=O)c12)C(=O)CC(C)O3. The van der Waals surface area contributed by atoms with Crippen LogP contribution in [-0.2, 0) is 6.42 Å². The number of nitroso groups, excluding NO2 is 1. The summed E-state index contributed by atoms with van der Waals surface area (Å²) in [6.45, 7) is 3.34. The molecular formula is C15H12FNO5. The highest BCUT2D eigenvalue weighted by Gasteiger charge is 2.31. The molecule has 1 atom stereocenters. The summed E-state index contributed by atoms with van der Waals surface area (Å²) in [5.74, 6) is -1.25. The third-order valence-corrected chi connectivity index (χ3v) is 3.70. The van der Waals surface area contributed by atoms with Crippen LogP contribution in [0.2, 0.25) is 0 Å². The first kappa shape index (κ1) is 14.4. The zero-order chi connectivity index (χ0) is 16.0. The summed E-state index contributed by atoms with van der Waals surface area (Å²) in [5, 5.41) is 2.94. The van der Waals surface area contributed by atoms with E-state index in [0.717, 1.165) is 0 Å². The molecular weight excluding hydrogens is 293 g/mol. The molecule has 0 fully saturated rings. The second kappa shape index (κ2) is 5.01. The molecule has 1 aromatic heterocycles. The fourth-order valence-electron chi connectivity index (χ4n) is 2.78. The zero-order valence-corrected chi connectivity index (χ0v) is 11.9. The molecule has 1 aromatic carbocycles. The third kappa shape index (κ3) is 1.93. The molecule has 0 saturated carbocycles. The van der Waals surface area contributed by atoms with Crippen molar-refractivity contribution >= 4 is 22.4 Å². The first-order chi connectivity index (χ1) is 10.5. The van der Waals surface area contributed by atoms with Gasteiger partial charge in [0.2, 0.25) is 5.82 Å². The highest BCUT2D eigenvalue weighted by molar-refractivity contribution is 6.11. The zero-order valence-electron chi connectivity index (χ0n) is 11.9. The van der Waals surface area contributed by atoms with Crippen molar-refractivity contribution in [3.8, 4) is 5.75 Å². The molecule has 0 N–H and O–H groups in total. The summed E-state index contributed by atoms with van der Waals surface area (Å²) in [4.78, 5) is 35.0. The van der Waals surface area contributed by atoms with E-state index in [-0.39, 0.29) is 58.3 Å². The molecule has 0 saturated heterocycles. The maximum Gasteiger partial charge on any atom is 0.372 e. The van der Waals surface area contributed by atoms with E-state index in [1.54, 1.807) is 13.8 Å². The van der Waals surface area contributed by atoms with Gasteiger partial charge in [0.05, 0.1) is 10.9 Å². The van der Waals surface area contributed by atoms with Gasteiger partial charge in [0, 0.05) is 18.1 Å². The number of Topliss-reactive ketones (excluding diaryl/α,β-unsaturated/α-hetero) is 1. The van der Waals surface area contributed by atoms with E-state index in [1.165, 1.54) is 6.07 Å². The Balaban J connectivity index is 2.51. The van der Waals surface area contributed by atoms with Gasteiger partial charge in [-0.2, -0.15) is 4.39 Å². The van der Waals surface area contributed by atoms with Gasteiger partial charge in [-0.15, -0.1) is 4.91 Å². The number of fused-ring (bicyclic) bond motifs is 2. The van der Waals surface area contributed by atoms with Gasteiger partial charge in [0.25, 0.3) is 0 Å². The predicted octanol–water partition coefficient (Wildman–Crippen LogP) is 3.25. The molecule has 0 radical (unpaired) electrons. The van der Waals surface area contributed by atoms with Crippen LogP contribution < -0.4 is 10.4 Å². The first-order valence-electron chi connectivity index (χ1n) is 6.83. The largest absolute Gasteiger partial charge is 0.489 e. The minimum Gasteiger partial charge on any atom is -0.489 e. The van der Waals surface area contributed by atoms with Crippen LogP contribution in [0.5, 0.6) is 5.75 Å². The van der Waals surface area contributed by atoms with Crippen molar-refractivity contribution in [2.45, 2.75) is 32.8 Å². The van der Waals surface area contributed by atoms with Crippen LogP contribution in [0.1, 0.15) is 36.2 Å². The molecule has 6 nitrogen and oxygen atoms in total. The van der Waals surface area contributed by atoms with Crippen molar-refractivity contribution in [2.75, 3.05) is 0 Å². The van der Waals surface area contributed by atoms with Crippen molar-refractivity contribution in [1.82, 2.24) is 0 Å². The Morgan fingerprint density at radius 2 is 2.14 bits per heavy atom. The monoisotopic (exact) mass is 305 g/mol. The van der Waals surface area contributed by atoms with Crippen LogP contribution in [0.15, 0.2) is 20.5 Å². The van der Waals surface area contributed by atoms with E-state index in [9.17, 15) is 18.9 Å². The van der Waals surface area contributed by atoms with Crippen LogP contribution in [0, 0.1) is 10.7 Å². The summed E-state index contributed by atoms with van der Waals surface area (Å²) >= 11 is 0. The molecule has 1 unspecified atom stereocenters. The van der Waals surface area contributed by atoms with Gasteiger partial charge < -0.3 is 9.15 Å². The molecule has 0 spiro atoms. The number of halogens is 1. The van der Waals surface area contributed by atoms with Crippen molar-refractivity contribution in [2.24, 2.45) is 5.18 Å². The van der Waals surface area contributed by atoms with Gasteiger partial charge in [-0.25, -0.2) is 4.79 Å². The van der Waals surface area contributed by atoms with Gasteiger partial charge in [-0.3, -0.25) is 4.79 Å². The number of ether oxygens (including phenoxy) is 1. The standard InChI is InChI=1S/C15H12FNO5/c1-3-7-11-9(22-15(19)13(7)16)5-10-12(14(11)17-20)8(18)4-6(2)21-10/h5-6H,3-4H2,1-2H3. The highest BCUT2D eigenvalue weighted by atomic mass is 19.1. The molecule has 114 valence electrons. The number of carbonyl (C=O) groups excluding carboxylic acids is 1. The van der Waals surface area contributed by atoms with Crippen LogP contribution in [0.3, 0.4) is 0 Å². The molecule has 0 amide bonds. The van der Waals surface area contributed by atoms with Gasteiger partial charge in [-0.05, 0) is 18.5 Å². The normalized spacial score (nSPS) is 17.2. The average Bonchev–Trinajstić information content (AvgIpc) is 2.46. The topological polar surface area (TPSA) is 85.9 Å². The molecule has 1 aliphatic rings. The number of hydrogen-bond donors (Lipinski definition) is 0. The minimum absolute atomic E-state index is 0.00933. The van der Waals surface area contributed by atoms with E-state index < -0.39 is 11.4 Å². The lowest BCUT2D eigenvalue weighted by atomic mass is 9.95. The average molecular weight is 305 g/mol. The number of hydrogen-bond acceptors (Lipinski definition) is 6. The number of rotatable bonds is 2. The molecule has 22 heavy (non-hydrogen) atoms. The Hall–Kier alpha value is -2.57.